The highest BCUT2D eigenvalue weighted by Crippen LogP contribution is 2.24. The number of nitrogens with two attached hydrogens (primary N) is 1. The van der Waals surface area contributed by atoms with Gasteiger partial charge in [0.05, 0.1) is 16.5 Å². The van der Waals surface area contributed by atoms with Crippen LogP contribution in [-0.2, 0) is 4.79 Å². The number of thioether (sulfide) groups is 1. The molecule has 0 bridgehead atoms. The molecule has 100 valence electrons. The Morgan fingerprint density at radius 2 is 2.22 bits per heavy atom. The van der Waals surface area contributed by atoms with Crippen molar-refractivity contribution in [3.63, 3.8) is 0 Å². The number of carbonyl (C=O) groups is 1. The average Bonchev–Trinajstić information content (AvgIpc) is 2.33. The van der Waals surface area contributed by atoms with Gasteiger partial charge in [0, 0.05) is 5.69 Å². The summed E-state index contributed by atoms with van der Waals surface area (Å²) in [6.07, 6.45) is 3.58. The third kappa shape index (κ3) is 5.65. The third-order valence-electron chi connectivity index (χ3n) is 2.39. The zero-order valence-electron chi connectivity index (χ0n) is 10.5. The summed E-state index contributed by atoms with van der Waals surface area (Å²) in [5.41, 5.74) is 6.81. The lowest BCUT2D eigenvalue weighted by molar-refractivity contribution is -0.113. The predicted molar refractivity (Wildman–Crippen MR) is 81.3 cm³/mol. The minimum absolute atomic E-state index is 0.0380. The monoisotopic (exact) mass is 286 g/mol. The summed E-state index contributed by atoms with van der Waals surface area (Å²) in [4.78, 5) is 11.7. The molecule has 1 amide bonds. The normalized spacial score (nSPS) is 10.3. The molecule has 0 spiro atoms. The van der Waals surface area contributed by atoms with Gasteiger partial charge in [-0.2, -0.15) is 11.8 Å². The maximum atomic E-state index is 11.7. The van der Waals surface area contributed by atoms with E-state index in [0.717, 1.165) is 12.2 Å². The number of hydrogen-bond acceptors (Lipinski definition) is 3. The van der Waals surface area contributed by atoms with Gasteiger partial charge in [-0.05, 0) is 30.4 Å². The number of hydrogen-bond donors (Lipinski definition) is 2. The number of carbonyl (C=O) groups excluding carboxylic acids is 1. The first-order valence-corrected chi connectivity index (χ1v) is 7.59. The highest BCUT2D eigenvalue weighted by atomic mass is 35.5. The van der Waals surface area contributed by atoms with Crippen LogP contribution in [0, 0.1) is 0 Å². The molecule has 3 nitrogen and oxygen atoms in total. The van der Waals surface area contributed by atoms with Gasteiger partial charge >= 0.3 is 0 Å². The van der Waals surface area contributed by atoms with Crippen molar-refractivity contribution in [3.05, 3.63) is 23.2 Å². The second-order valence-electron chi connectivity index (χ2n) is 4.05. The summed E-state index contributed by atoms with van der Waals surface area (Å²) < 4.78 is 0. The van der Waals surface area contributed by atoms with Crippen molar-refractivity contribution in [2.45, 2.75) is 26.2 Å². The molecule has 0 aliphatic heterocycles. The molecular formula is C13H19ClN2OS. The number of unbranched alkanes of at least 4 members (excludes halogenated alkanes) is 2. The topological polar surface area (TPSA) is 55.1 Å². The Bertz CT molecular complexity index is 399. The Morgan fingerprint density at radius 1 is 1.44 bits per heavy atom. The lowest BCUT2D eigenvalue weighted by atomic mass is 10.3. The maximum Gasteiger partial charge on any atom is 0.234 e. The summed E-state index contributed by atoms with van der Waals surface area (Å²) in [6.45, 7) is 2.17. The minimum Gasteiger partial charge on any atom is -0.399 e. The molecule has 0 atom stereocenters. The molecule has 1 aromatic carbocycles. The lowest BCUT2D eigenvalue weighted by Crippen LogP contribution is -2.14. The first kappa shape index (κ1) is 15.2. The van der Waals surface area contributed by atoms with E-state index in [4.69, 9.17) is 17.3 Å². The van der Waals surface area contributed by atoms with E-state index < -0.39 is 0 Å². The van der Waals surface area contributed by atoms with Gasteiger partial charge in [-0.15, -0.1) is 0 Å². The fourth-order valence-electron chi connectivity index (χ4n) is 1.44. The van der Waals surface area contributed by atoms with Gasteiger partial charge in [-0.25, -0.2) is 0 Å². The summed E-state index contributed by atoms with van der Waals surface area (Å²) in [6, 6.07) is 5.06. The molecule has 1 aromatic rings. The number of amides is 1. The van der Waals surface area contributed by atoms with E-state index in [-0.39, 0.29) is 5.91 Å². The highest BCUT2D eigenvalue weighted by molar-refractivity contribution is 7.99. The molecule has 0 saturated heterocycles. The van der Waals surface area contributed by atoms with E-state index >= 15 is 0 Å². The maximum absolute atomic E-state index is 11.7. The van der Waals surface area contributed by atoms with Crippen LogP contribution in [0.1, 0.15) is 26.2 Å². The molecule has 0 aliphatic rings. The van der Waals surface area contributed by atoms with E-state index in [1.165, 1.54) is 12.8 Å². The van der Waals surface area contributed by atoms with Crippen LogP contribution in [0.4, 0.5) is 11.4 Å². The number of nitrogen functional groups attached to an aromatic ring is 1. The van der Waals surface area contributed by atoms with Crippen molar-refractivity contribution in [1.29, 1.82) is 0 Å². The molecule has 5 heteroatoms. The molecule has 0 saturated carbocycles. The van der Waals surface area contributed by atoms with Crippen LogP contribution < -0.4 is 11.1 Å². The zero-order chi connectivity index (χ0) is 13.4. The number of halogens is 1. The van der Waals surface area contributed by atoms with Crippen LogP contribution in [-0.4, -0.2) is 17.4 Å². The number of nitrogens with one attached hydrogen (secondary N) is 1. The van der Waals surface area contributed by atoms with Gasteiger partial charge < -0.3 is 11.1 Å². The SMILES string of the molecule is CCCCCSCC(=O)Nc1cc(N)ccc1Cl. The van der Waals surface area contributed by atoms with Crippen molar-refractivity contribution < 1.29 is 4.79 Å². The molecule has 0 unspecified atom stereocenters. The minimum atomic E-state index is -0.0380. The van der Waals surface area contributed by atoms with Gasteiger partial charge in [0.25, 0.3) is 0 Å². The van der Waals surface area contributed by atoms with Gasteiger partial charge in [0.1, 0.15) is 0 Å². The Balaban J connectivity index is 2.33. The van der Waals surface area contributed by atoms with Crippen LogP contribution in [0.25, 0.3) is 0 Å². The first-order valence-electron chi connectivity index (χ1n) is 6.06. The molecule has 0 aromatic heterocycles. The fourth-order valence-corrected chi connectivity index (χ4v) is 2.42. The van der Waals surface area contributed by atoms with Crippen LogP contribution in [0.15, 0.2) is 18.2 Å². The fraction of sp³-hybridized carbons (Fsp3) is 0.462. The van der Waals surface area contributed by atoms with Crippen molar-refractivity contribution in [2.75, 3.05) is 22.6 Å². The van der Waals surface area contributed by atoms with Crippen LogP contribution in [0.5, 0.6) is 0 Å². The molecule has 0 radical (unpaired) electrons. The number of benzene rings is 1. The molecule has 0 heterocycles. The van der Waals surface area contributed by atoms with E-state index in [0.29, 0.717) is 22.2 Å². The molecule has 1 rings (SSSR count). The van der Waals surface area contributed by atoms with Crippen molar-refractivity contribution in [1.82, 2.24) is 0 Å². The second-order valence-corrected chi connectivity index (χ2v) is 5.56. The van der Waals surface area contributed by atoms with Crippen molar-refractivity contribution >= 4 is 40.6 Å². The predicted octanol–water partition coefficient (Wildman–Crippen LogP) is 3.78. The molecule has 0 aliphatic carbocycles. The van der Waals surface area contributed by atoms with Crippen LogP contribution >= 0.6 is 23.4 Å². The second kappa shape index (κ2) is 8.27. The van der Waals surface area contributed by atoms with Crippen molar-refractivity contribution in [2.24, 2.45) is 0 Å². The van der Waals surface area contributed by atoms with E-state index in [1.807, 2.05) is 0 Å². The van der Waals surface area contributed by atoms with E-state index in [9.17, 15) is 4.79 Å². The molecule has 18 heavy (non-hydrogen) atoms. The largest absolute Gasteiger partial charge is 0.399 e. The number of rotatable bonds is 7. The van der Waals surface area contributed by atoms with E-state index in [2.05, 4.69) is 12.2 Å². The average molecular weight is 287 g/mol. The van der Waals surface area contributed by atoms with E-state index in [1.54, 1.807) is 30.0 Å². The van der Waals surface area contributed by atoms with Crippen molar-refractivity contribution in [3.8, 4) is 0 Å². The van der Waals surface area contributed by atoms with Gasteiger partial charge in [0.2, 0.25) is 5.91 Å². The smallest absolute Gasteiger partial charge is 0.234 e. The highest BCUT2D eigenvalue weighted by Gasteiger charge is 2.06. The summed E-state index contributed by atoms with van der Waals surface area (Å²) in [5, 5.41) is 3.28. The molecule has 3 N–H and O–H groups in total. The van der Waals surface area contributed by atoms with Crippen LogP contribution in [0.2, 0.25) is 5.02 Å². The molecular weight excluding hydrogens is 268 g/mol. The summed E-state index contributed by atoms with van der Waals surface area (Å²) in [5.74, 6) is 1.44. The summed E-state index contributed by atoms with van der Waals surface area (Å²) >= 11 is 7.61. The Hall–Kier alpha value is -0.870. The van der Waals surface area contributed by atoms with Crippen LogP contribution in [0.3, 0.4) is 0 Å². The molecule has 0 fully saturated rings. The Kier molecular flexibility index (Phi) is 6.98. The van der Waals surface area contributed by atoms with Gasteiger partial charge in [-0.1, -0.05) is 31.4 Å². The zero-order valence-corrected chi connectivity index (χ0v) is 12.1. The quantitative estimate of drug-likeness (QED) is 0.592. The Morgan fingerprint density at radius 3 is 2.94 bits per heavy atom. The summed E-state index contributed by atoms with van der Waals surface area (Å²) in [7, 11) is 0. The Labute approximate surface area is 117 Å². The van der Waals surface area contributed by atoms with Gasteiger partial charge in [0.15, 0.2) is 0 Å². The standard InChI is InChI=1S/C13H19ClN2OS/c1-2-3-4-7-18-9-13(17)16-12-8-10(15)5-6-11(12)14/h5-6,8H,2-4,7,9,15H2,1H3,(H,16,17). The lowest BCUT2D eigenvalue weighted by Gasteiger charge is -2.07. The number of anilines is 2. The third-order valence-corrected chi connectivity index (χ3v) is 3.76. The van der Waals surface area contributed by atoms with Gasteiger partial charge in [-0.3, -0.25) is 4.79 Å². The first-order chi connectivity index (χ1) is 8.63.